The van der Waals surface area contributed by atoms with Gasteiger partial charge >= 0.3 is 0 Å². The summed E-state index contributed by atoms with van der Waals surface area (Å²) < 4.78 is 0. The van der Waals surface area contributed by atoms with Crippen LogP contribution in [0, 0.1) is 0 Å². The summed E-state index contributed by atoms with van der Waals surface area (Å²) in [4.78, 5) is 0. The van der Waals surface area contributed by atoms with Gasteiger partial charge in [0.15, 0.2) is 0 Å². The van der Waals surface area contributed by atoms with E-state index in [0.717, 1.165) is 0 Å². The van der Waals surface area contributed by atoms with Gasteiger partial charge in [0, 0.05) is 0 Å². The van der Waals surface area contributed by atoms with E-state index in [1.165, 1.54) is 21.5 Å². The van der Waals surface area contributed by atoms with E-state index in [-0.39, 0.29) is 0 Å². The van der Waals surface area contributed by atoms with Crippen molar-refractivity contribution in [1.82, 2.24) is 0 Å². The van der Waals surface area contributed by atoms with Crippen LogP contribution in [0.5, 0.6) is 0 Å². The molecule has 0 aliphatic heterocycles. The summed E-state index contributed by atoms with van der Waals surface area (Å²) in [5.74, 6) is 0. The molecule has 0 fully saturated rings. The summed E-state index contributed by atoms with van der Waals surface area (Å²) in [5.41, 5.74) is 2.60. The second-order valence-corrected chi connectivity index (χ2v) is 7.34. The quantitative estimate of drug-likeness (QED) is 0.640. The van der Waals surface area contributed by atoms with E-state index in [1.807, 2.05) is 0 Å². The largest absolute Gasteiger partial charge is 0.118 e. The maximum Gasteiger partial charge on any atom is 0.118 e. The fraction of sp³-hybridized carbons (Fsp3) is 0.0526. The molecule has 0 saturated carbocycles. The molecule has 3 aromatic carbocycles. The Hall–Kier alpha value is -2.12. The highest BCUT2D eigenvalue weighted by atomic mass is 28.3. The molecule has 20 heavy (non-hydrogen) atoms. The Bertz CT molecular complexity index is 674. The number of benzene rings is 3. The Balaban J connectivity index is 1.96. The van der Waals surface area contributed by atoms with Gasteiger partial charge < -0.3 is 0 Å². The van der Waals surface area contributed by atoms with Crippen molar-refractivity contribution < 1.29 is 0 Å². The molecular weight excluding hydrogens is 256 g/mol. The Kier molecular flexibility index (Phi) is 3.80. The number of hydrogen-bond acceptors (Lipinski definition) is 0. The molecule has 97 valence electrons. The van der Waals surface area contributed by atoms with Crippen LogP contribution in [0.2, 0.25) is 6.55 Å². The molecule has 0 heterocycles. The van der Waals surface area contributed by atoms with Crippen molar-refractivity contribution in [1.29, 1.82) is 0 Å². The van der Waals surface area contributed by atoms with Gasteiger partial charge in [-0.2, -0.15) is 0 Å². The molecule has 0 spiro atoms. The van der Waals surface area contributed by atoms with Gasteiger partial charge in [0.05, 0.1) is 0 Å². The molecule has 1 heteroatoms. The molecule has 1 radical (unpaired) electrons. The van der Waals surface area contributed by atoms with Crippen LogP contribution < -0.4 is 10.4 Å². The third kappa shape index (κ3) is 2.73. The predicted octanol–water partition coefficient (Wildman–Crippen LogP) is 3.59. The highest BCUT2D eigenvalue weighted by Crippen LogP contribution is 2.17. The summed E-state index contributed by atoms with van der Waals surface area (Å²) in [5, 5.41) is 2.92. The lowest BCUT2D eigenvalue weighted by Gasteiger charge is -2.12. The highest BCUT2D eigenvalue weighted by Gasteiger charge is 2.11. The van der Waals surface area contributed by atoms with Gasteiger partial charge in [-0.3, -0.25) is 0 Å². The van der Waals surface area contributed by atoms with Crippen molar-refractivity contribution in [2.75, 3.05) is 0 Å². The van der Waals surface area contributed by atoms with E-state index in [4.69, 9.17) is 0 Å². The zero-order valence-electron chi connectivity index (χ0n) is 11.6. The fourth-order valence-electron chi connectivity index (χ4n) is 2.42. The minimum Gasteiger partial charge on any atom is -0.0628 e. The average Bonchev–Trinajstić information content (AvgIpc) is 2.56. The Morgan fingerprint density at radius 3 is 1.80 bits per heavy atom. The lowest BCUT2D eigenvalue weighted by molar-refractivity contribution is 1.63. The van der Waals surface area contributed by atoms with Crippen LogP contribution in [-0.4, -0.2) is 8.80 Å². The van der Waals surface area contributed by atoms with Gasteiger partial charge in [0.25, 0.3) is 0 Å². The first kappa shape index (κ1) is 12.9. The van der Waals surface area contributed by atoms with Gasteiger partial charge in [-0.15, -0.1) is 0 Å². The Labute approximate surface area is 122 Å². The van der Waals surface area contributed by atoms with E-state index in [2.05, 4.69) is 91.5 Å². The third-order valence-electron chi connectivity index (χ3n) is 3.61. The van der Waals surface area contributed by atoms with Crippen LogP contribution in [0.3, 0.4) is 0 Å². The molecule has 0 nitrogen and oxygen atoms in total. The molecule has 3 rings (SSSR count). The average molecular weight is 273 g/mol. The first-order valence-electron chi connectivity index (χ1n) is 6.89. The van der Waals surface area contributed by atoms with Crippen LogP contribution >= 0.6 is 0 Å². The molecule has 0 aliphatic rings. The molecule has 0 N–H and O–H groups in total. The van der Waals surface area contributed by atoms with E-state index in [9.17, 15) is 0 Å². The van der Waals surface area contributed by atoms with Gasteiger partial charge in [-0.1, -0.05) is 102 Å². The standard InChI is InChI=1S/C19H17Si/c1-20(18-12-6-3-7-13-18)19-14-8-11-17(15-19)16-9-4-2-5-10-16/h2-15H,1H3. The van der Waals surface area contributed by atoms with Gasteiger partial charge in [0.1, 0.15) is 8.80 Å². The smallest absolute Gasteiger partial charge is 0.0628 e. The third-order valence-corrected chi connectivity index (χ3v) is 5.99. The lowest BCUT2D eigenvalue weighted by atomic mass is 10.1. The topological polar surface area (TPSA) is 0 Å². The zero-order valence-corrected chi connectivity index (χ0v) is 12.6. The van der Waals surface area contributed by atoms with E-state index < -0.39 is 8.80 Å². The normalized spacial score (nSPS) is 10.7. The van der Waals surface area contributed by atoms with E-state index in [1.54, 1.807) is 0 Å². The monoisotopic (exact) mass is 273 g/mol. The molecule has 0 bridgehead atoms. The molecule has 0 aromatic heterocycles. The minimum absolute atomic E-state index is 0.674. The summed E-state index contributed by atoms with van der Waals surface area (Å²) in [7, 11) is -0.674. The van der Waals surface area contributed by atoms with Gasteiger partial charge in [0.2, 0.25) is 0 Å². The van der Waals surface area contributed by atoms with Crippen LogP contribution in [-0.2, 0) is 0 Å². The Morgan fingerprint density at radius 2 is 1.10 bits per heavy atom. The van der Waals surface area contributed by atoms with Crippen LogP contribution in [0.25, 0.3) is 11.1 Å². The molecule has 0 atom stereocenters. The second-order valence-electron chi connectivity index (χ2n) is 4.94. The Morgan fingerprint density at radius 1 is 0.550 bits per heavy atom. The summed E-state index contributed by atoms with van der Waals surface area (Å²) in [6.07, 6.45) is 0. The summed E-state index contributed by atoms with van der Waals surface area (Å²) >= 11 is 0. The van der Waals surface area contributed by atoms with E-state index in [0.29, 0.717) is 0 Å². The maximum absolute atomic E-state index is 2.37. The first-order valence-corrected chi connectivity index (χ1v) is 8.89. The minimum atomic E-state index is -0.674. The van der Waals surface area contributed by atoms with Crippen molar-refractivity contribution in [2.45, 2.75) is 6.55 Å². The summed E-state index contributed by atoms with van der Waals surface area (Å²) in [6.45, 7) is 2.37. The number of rotatable bonds is 3. The molecule has 0 amide bonds. The van der Waals surface area contributed by atoms with Crippen molar-refractivity contribution in [3.8, 4) is 11.1 Å². The van der Waals surface area contributed by atoms with Crippen molar-refractivity contribution in [2.24, 2.45) is 0 Å². The van der Waals surface area contributed by atoms with Crippen LogP contribution in [0.4, 0.5) is 0 Å². The zero-order chi connectivity index (χ0) is 13.8. The van der Waals surface area contributed by atoms with Gasteiger partial charge in [-0.05, 0) is 11.1 Å². The summed E-state index contributed by atoms with van der Waals surface area (Å²) in [6, 6.07) is 30.4. The predicted molar refractivity (Wildman–Crippen MR) is 89.2 cm³/mol. The number of hydrogen-bond donors (Lipinski definition) is 0. The molecule has 0 saturated heterocycles. The second kappa shape index (κ2) is 5.89. The van der Waals surface area contributed by atoms with Crippen molar-refractivity contribution in [3.63, 3.8) is 0 Å². The highest BCUT2D eigenvalue weighted by molar-refractivity contribution is 6.84. The van der Waals surface area contributed by atoms with Crippen LogP contribution in [0.15, 0.2) is 84.9 Å². The molecule has 3 aromatic rings. The van der Waals surface area contributed by atoms with E-state index >= 15 is 0 Å². The first-order chi connectivity index (χ1) is 9.84. The lowest BCUT2D eigenvalue weighted by Crippen LogP contribution is -2.38. The molecule has 0 unspecified atom stereocenters. The molecule has 0 aliphatic carbocycles. The maximum atomic E-state index is 2.37. The van der Waals surface area contributed by atoms with Crippen molar-refractivity contribution in [3.05, 3.63) is 84.9 Å². The van der Waals surface area contributed by atoms with Crippen molar-refractivity contribution >= 4 is 19.2 Å². The van der Waals surface area contributed by atoms with Gasteiger partial charge in [-0.25, -0.2) is 0 Å². The van der Waals surface area contributed by atoms with Crippen LogP contribution in [0.1, 0.15) is 0 Å². The fourth-order valence-corrected chi connectivity index (χ4v) is 4.16. The molecular formula is C19H17Si. The SMILES string of the molecule is C[Si](c1ccccc1)c1cccc(-c2ccccc2)c1.